The molecule has 0 aromatic heterocycles. The molecule has 2 aromatic carbocycles. The van der Waals surface area contributed by atoms with Crippen molar-refractivity contribution < 1.29 is 12.0 Å². The third-order valence-electron chi connectivity index (χ3n) is 2.24. The van der Waals surface area contributed by atoms with E-state index in [0.29, 0.717) is 44.0 Å². The molecule has 20 heavy (non-hydrogen) atoms. The second-order valence-corrected chi connectivity index (χ2v) is 8.02. The lowest BCUT2D eigenvalue weighted by molar-refractivity contribution is 0.538. The van der Waals surface area contributed by atoms with E-state index in [2.05, 4.69) is 0 Å². The van der Waals surface area contributed by atoms with Gasteiger partial charge < -0.3 is 11.5 Å². The zero-order chi connectivity index (χ0) is 14.6. The average molecular weight is 328 g/mol. The first-order chi connectivity index (χ1) is 9.48. The molecule has 2 rings (SSSR count). The van der Waals surface area contributed by atoms with Gasteiger partial charge >= 0.3 is 9.15 Å². The number of hydrogen-bond donors (Lipinski definition) is 2. The smallest absolute Gasteiger partial charge is 0.337 e. The van der Waals surface area contributed by atoms with Crippen molar-refractivity contribution in [2.75, 3.05) is 11.5 Å². The molecular formula is C12H12N2O3S3. The summed E-state index contributed by atoms with van der Waals surface area (Å²) in [5.41, 5.74) is 12.2. The maximum atomic E-state index is 11.9. The standard InChI is InChI=1S/C12H12N2O3S3/c13-9-5-1-3-7-11(9)18-17-20(15,16)19-12-8-4-2-6-10(12)14/h1-8H,13-14H2. The molecule has 5 nitrogen and oxygen atoms in total. The molecule has 0 aliphatic carbocycles. The Morgan fingerprint density at radius 1 is 0.850 bits per heavy atom. The van der Waals surface area contributed by atoms with E-state index in [9.17, 15) is 8.42 Å². The highest BCUT2D eigenvalue weighted by Gasteiger charge is 2.17. The molecule has 0 spiro atoms. The summed E-state index contributed by atoms with van der Waals surface area (Å²) in [6.07, 6.45) is 0. The Morgan fingerprint density at radius 3 is 1.90 bits per heavy atom. The summed E-state index contributed by atoms with van der Waals surface area (Å²) in [6.45, 7) is 0. The van der Waals surface area contributed by atoms with Crippen LogP contribution in [0.15, 0.2) is 58.3 Å². The Hall–Kier alpha value is -1.35. The minimum absolute atomic E-state index is 0.383. The van der Waals surface area contributed by atoms with Crippen molar-refractivity contribution in [3.63, 3.8) is 0 Å². The van der Waals surface area contributed by atoms with E-state index < -0.39 is 9.15 Å². The van der Waals surface area contributed by atoms with Crippen molar-refractivity contribution in [2.24, 2.45) is 0 Å². The molecule has 0 bridgehead atoms. The third kappa shape index (κ3) is 4.07. The van der Waals surface area contributed by atoms with Gasteiger partial charge in [0.2, 0.25) is 0 Å². The van der Waals surface area contributed by atoms with Gasteiger partial charge in [-0.2, -0.15) is 12.0 Å². The minimum Gasteiger partial charge on any atom is -0.398 e. The number of nitrogens with two attached hydrogens (primary N) is 2. The molecule has 2 aromatic rings. The van der Waals surface area contributed by atoms with E-state index in [1.807, 2.05) is 0 Å². The first kappa shape index (κ1) is 15.0. The SMILES string of the molecule is Nc1ccccc1SOS(=O)(=O)Sc1ccccc1N. The van der Waals surface area contributed by atoms with Crippen LogP contribution in [0, 0.1) is 0 Å². The normalized spacial score (nSPS) is 11.4. The van der Waals surface area contributed by atoms with Gasteiger partial charge in [0.05, 0.1) is 16.9 Å². The summed E-state index contributed by atoms with van der Waals surface area (Å²) >= 11 is 0.704. The van der Waals surface area contributed by atoms with Gasteiger partial charge in [0.15, 0.2) is 0 Å². The van der Waals surface area contributed by atoms with E-state index >= 15 is 0 Å². The number of hydrogen-bond acceptors (Lipinski definition) is 7. The van der Waals surface area contributed by atoms with E-state index in [1.54, 1.807) is 48.5 Å². The second kappa shape index (κ2) is 6.40. The molecule has 0 atom stereocenters. The summed E-state index contributed by atoms with van der Waals surface area (Å²) in [6, 6.07) is 13.5. The average Bonchev–Trinajstić information content (AvgIpc) is 2.40. The molecule has 0 aliphatic rings. The molecule has 0 saturated heterocycles. The van der Waals surface area contributed by atoms with Crippen LogP contribution in [0.25, 0.3) is 0 Å². The van der Waals surface area contributed by atoms with Crippen molar-refractivity contribution in [3.05, 3.63) is 48.5 Å². The second-order valence-electron chi connectivity index (χ2n) is 3.72. The number of anilines is 2. The van der Waals surface area contributed by atoms with E-state index in [0.717, 1.165) is 0 Å². The molecular weight excluding hydrogens is 316 g/mol. The summed E-state index contributed by atoms with van der Waals surface area (Å²) in [5.74, 6) is 0. The van der Waals surface area contributed by atoms with Crippen LogP contribution in [0.2, 0.25) is 0 Å². The molecule has 0 unspecified atom stereocenters. The third-order valence-corrected chi connectivity index (χ3v) is 6.13. The first-order valence-corrected chi connectivity index (χ1v) is 8.96. The Bertz CT molecular complexity index is 705. The highest BCUT2D eigenvalue weighted by atomic mass is 33.2. The van der Waals surface area contributed by atoms with Gasteiger partial charge in [-0.3, -0.25) is 0 Å². The molecule has 0 heterocycles. The van der Waals surface area contributed by atoms with Gasteiger partial charge in [-0.15, -0.1) is 0 Å². The lowest BCUT2D eigenvalue weighted by Crippen LogP contribution is -1.97. The summed E-state index contributed by atoms with van der Waals surface area (Å²) in [5, 5.41) is 0. The fraction of sp³-hybridized carbons (Fsp3) is 0. The molecule has 0 aliphatic heterocycles. The van der Waals surface area contributed by atoms with Gasteiger partial charge in [-0.25, -0.2) is 0 Å². The van der Waals surface area contributed by atoms with Crippen LogP contribution >= 0.6 is 22.8 Å². The number of nitrogen functional groups attached to an aromatic ring is 2. The molecule has 8 heteroatoms. The van der Waals surface area contributed by atoms with Gasteiger partial charge in [0.1, 0.15) is 0 Å². The quantitative estimate of drug-likeness (QED) is 0.495. The lowest BCUT2D eigenvalue weighted by Gasteiger charge is -2.06. The maximum Gasteiger partial charge on any atom is 0.337 e. The molecule has 4 N–H and O–H groups in total. The van der Waals surface area contributed by atoms with Crippen LogP contribution in [-0.2, 0) is 12.8 Å². The number of benzene rings is 2. The Kier molecular flexibility index (Phi) is 4.81. The van der Waals surface area contributed by atoms with Crippen LogP contribution in [-0.4, -0.2) is 8.42 Å². The minimum atomic E-state index is -3.83. The zero-order valence-electron chi connectivity index (χ0n) is 10.2. The van der Waals surface area contributed by atoms with E-state index in [-0.39, 0.29) is 0 Å². The Balaban J connectivity index is 2.05. The Morgan fingerprint density at radius 2 is 1.35 bits per heavy atom. The van der Waals surface area contributed by atoms with Crippen LogP contribution < -0.4 is 11.5 Å². The maximum absolute atomic E-state index is 11.9. The van der Waals surface area contributed by atoms with Gasteiger partial charge in [0.25, 0.3) is 0 Å². The predicted octanol–water partition coefficient (Wildman–Crippen LogP) is 2.91. The number of rotatable bonds is 5. The van der Waals surface area contributed by atoms with Crippen LogP contribution in [0.3, 0.4) is 0 Å². The number of para-hydroxylation sites is 2. The molecule has 0 radical (unpaired) electrons. The van der Waals surface area contributed by atoms with Crippen molar-refractivity contribution in [3.8, 4) is 0 Å². The monoisotopic (exact) mass is 328 g/mol. The van der Waals surface area contributed by atoms with Crippen molar-refractivity contribution in [2.45, 2.75) is 9.79 Å². The highest BCUT2D eigenvalue weighted by Crippen LogP contribution is 2.35. The zero-order valence-corrected chi connectivity index (χ0v) is 12.7. The van der Waals surface area contributed by atoms with Crippen LogP contribution in [0.1, 0.15) is 0 Å². The van der Waals surface area contributed by atoms with Crippen LogP contribution in [0.4, 0.5) is 11.4 Å². The molecule has 0 amide bonds. The predicted molar refractivity (Wildman–Crippen MR) is 83.4 cm³/mol. The topological polar surface area (TPSA) is 95.4 Å². The molecule has 0 fully saturated rings. The highest BCUT2D eigenvalue weighted by molar-refractivity contribution is 8.71. The van der Waals surface area contributed by atoms with E-state index in [4.69, 9.17) is 15.1 Å². The molecule has 106 valence electrons. The summed E-state index contributed by atoms with van der Waals surface area (Å²) in [4.78, 5) is 0.965. The van der Waals surface area contributed by atoms with E-state index in [1.165, 1.54) is 0 Å². The largest absolute Gasteiger partial charge is 0.398 e. The van der Waals surface area contributed by atoms with Crippen molar-refractivity contribution in [1.29, 1.82) is 0 Å². The molecule has 0 saturated carbocycles. The first-order valence-electron chi connectivity index (χ1n) is 5.47. The van der Waals surface area contributed by atoms with Gasteiger partial charge in [-0.05, 0) is 24.3 Å². The summed E-state index contributed by atoms with van der Waals surface area (Å²) < 4.78 is 28.6. The fourth-order valence-corrected chi connectivity index (χ4v) is 4.48. The van der Waals surface area contributed by atoms with Crippen LogP contribution in [0.5, 0.6) is 0 Å². The van der Waals surface area contributed by atoms with Crippen molar-refractivity contribution in [1.82, 2.24) is 0 Å². The lowest BCUT2D eigenvalue weighted by atomic mass is 10.3. The Labute approximate surface area is 125 Å². The van der Waals surface area contributed by atoms with Gasteiger partial charge in [-0.1, -0.05) is 24.3 Å². The van der Waals surface area contributed by atoms with Gasteiger partial charge in [0, 0.05) is 27.1 Å². The van der Waals surface area contributed by atoms with Crippen molar-refractivity contribution >= 4 is 43.4 Å². The fourth-order valence-electron chi connectivity index (χ4n) is 1.32. The summed E-state index contributed by atoms with van der Waals surface area (Å²) in [7, 11) is -3.27.